The maximum atomic E-state index is 12.6. The van der Waals surface area contributed by atoms with Gasteiger partial charge >= 0.3 is 0 Å². The van der Waals surface area contributed by atoms with Gasteiger partial charge in [0.2, 0.25) is 5.91 Å². The molecule has 0 saturated heterocycles. The van der Waals surface area contributed by atoms with E-state index in [9.17, 15) is 4.79 Å². The molecule has 0 bridgehead atoms. The van der Waals surface area contributed by atoms with Gasteiger partial charge in [-0.2, -0.15) is 0 Å². The van der Waals surface area contributed by atoms with Gasteiger partial charge in [-0.3, -0.25) is 9.20 Å². The fraction of sp³-hybridized carbons (Fsp3) is 0.150. The number of para-hydroxylation sites is 1. The van der Waals surface area contributed by atoms with Gasteiger partial charge in [0.1, 0.15) is 0 Å². The van der Waals surface area contributed by atoms with E-state index in [-0.39, 0.29) is 5.91 Å². The number of halogens is 2. The fourth-order valence-electron chi connectivity index (χ4n) is 3.03. The molecule has 28 heavy (non-hydrogen) atoms. The van der Waals surface area contributed by atoms with Crippen LogP contribution in [0.5, 0.6) is 0 Å². The SMILES string of the molecule is Cc1cc2nnc(S[C@H](C)C(=O)Nc3cc(Cl)cc(Cl)c3)n2c2ccccc12. The number of rotatable bonds is 4. The summed E-state index contributed by atoms with van der Waals surface area (Å²) in [6.07, 6.45) is 0. The van der Waals surface area contributed by atoms with E-state index in [0.29, 0.717) is 20.9 Å². The van der Waals surface area contributed by atoms with Crippen LogP contribution in [0.15, 0.2) is 53.7 Å². The number of nitrogens with one attached hydrogen (secondary N) is 1. The number of hydrogen-bond donors (Lipinski definition) is 1. The largest absolute Gasteiger partial charge is 0.325 e. The standard InChI is InChI=1S/C20H16Cl2N4OS/c1-11-7-18-24-25-20(26(18)17-6-4-3-5-16(11)17)28-12(2)19(27)23-15-9-13(21)8-14(22)10-15/h3-10,12H,1-2H3,(H,23,27)/t12-/m1/s1. The average Bonchev–Trinajstić information content (AvgIpc) is 3.03. The zero-order valence-corrected chi connectivity index (χ0v) is 17.4. The van der Waals surface area contributed by atoms with Crippen molar-refractivity contribution < 1.29 is 4.79 Å². The van der Waals surface area contributed by atoms with Crippen LogP contribution in [-0.2, 0) is 4.79 Å². The predicted molar refractivity (Wildman–Crippen MR) is 116 cm³/mol. The molecule has 0 fully saturated rings. The number of aromatic nitrogens is 3. The molecule has 0 aliphatic rings. The van der Waals surface area contributed by atoms with E-state index in [0.717, 1.165) is 22.1 Å². The van der Waals surface area contributed by atoms with Gasteiger partial charge in [0.25, 0.3) is 0 Å². The highest BCUT2D eigenvalue weighted by Gasteiger charge is 2.19. The van der Waals surface area contributed by atoms with Crippen LogP contribution in [0.4, 0.5) is 5.69 Å². The molecule has 0 saturated carbocycles. The molecule has 0 aliphatic heterocycles. The van der Waals surface area contributed by atoms with Gasteiger partial charge < -0.3 is 5.32 Å². The fourth-order valence-corrected chi connectivity index (χ4v) is 4.43. The number of pyridine rings is 1. The lowest BCUT2D eigenvalue weighted by Crippen LogP contribution is -2.22. The molecule has 0 radical (unpaired) electrons. The van der Waals surface area contributed by atoms with E-state index in [1.807, 2.05) is 35.6 Å². The van der Waals surface area contributed by atoms with E-state index in [1.54, 1.807) is 18.2 Å². The van der Waals surface area contributed by atoms with Gasteiger partial charge in [-0.25, -0.2) is 0 Å². The van der Waals surface area contributed by atoms with Crippen LogP contribution in [-0.4, -0.2) is 25.8 Å². The highest BCUT2D eigenvalue weighted by Crippen LogP contribution is 2.29. The minimum Gasteiger partial charge on any atom is -0.325 e. The van der Waals surface area contributed by atoms with E-state index < -0.39 is 5.25 Å². The number of aryl methyl sites for hydroxylation is 1. The highest BCUT2D eigenvalue weighted by atomic mass is 35.5. The molecule has 0 unspecified atom stereocenters. The maximum absolute atomic E-state index is 12.6. The van der Waals surface area contributed by atoms with Crippen LogP contribution in [0, 0.1) is 6.92 Å². The van der Waals surface area contributed by atoms with Crippen LogP contribution >= 0.6 is 35.0 Å². The van der Waals surface area contributed by atoms with Crippen molar-refractivity contribution in [2.75, 3.05) is 5.32 Å². The Labute approximate surface area is 176 Å². The topological polar surface area (TPSA) is 59.3 Å². The van der Waals surface area contributed by atoms with Crippen molar-refractivity contribution >= 4 is 63.1 Å². The molecule has 2 aromatic carbocycles. The molecule has 1 N–H and O–H groups in total. The van der Waals surface area contributed by atoms with Crippen molar-refractivity contribution in [3.05, 3.63) is 64.1 Å². The summed E-state index contributed by atoms with van der Waals surface area (Å²) < 4.78 is 1.98. The summed E-state index contributed by atoms with van der Waals surface area (Å²) in [5, 5.41) is 13.7. The van der Waals surface area contributed by atoms with Crippen molar-refractivity contribution in [3.63, 3.8) is 0 Å². The first-order valence-corrected chi connectivity index (χ1v) is 10.2. The molecule has 1 atom stereocenters. The van der Waals surface area contributed by atoms with E-state index in [4.69, 9.17) is 23.2 Å². The smallest absolute Gasteiger partial charge is 0.237 e. The van der Waals surface area contributed by atoms with Crippen molar-refractivity contribution in [1.29, 1.82) is 0 Å². The lowest BCUT2D eigenvalue weighted by Gasteiger charge is -2.12. The Hall–Kier alpha value is -2.28. The summed E-state index contributed by atoms with van der Waals surface area (Å²) >= 11 is 13.3. The summed E-state index contributed by atoms with van der Waals surface area (Å²) in [5.74, 6) is -0.170. The van der Waals surface area contributed by atoms with E-state index in [2.05, 4.69) is 28.5 Å². The van der Waals surface area contributed by atoms with Crippen LogP contribution in [0.1, 0.15) is 12.5 Å². The van der Waals surface area contributed by atoms with Gasteiger partial charge in [0, 0.05) is 21.1 Å². The lowest BCUT2D eigenvalue weighted by molar-refractivity contribution is -0.115. The van der Waals surface area contributed by atoms with Crippen LogP contribution < -0.4 is 5.32 Å². The molecular formula is C20H16Cl2N4OS. The van der Waals surface area contributed by atoms with E-state index >= 15 is 0 Å². The number of carbonyl (C=O) groups excluding carboxylic acids is 1. The first-order chi connectivity index (χ1) is 13.4. The summed E-state index contributed by atoms with van der Waals surface area (Å²) in [5.41, 5.74) is 3.46. The van der Waals surface area contributed by atoms with Gasteiger partial charge in [-0.1, -0.05) is 53.2 Å². The minimum absolute atomic E-state index is 0.170. The second-order valence-electron chi connectivity index (χ2n) is 6.43. The molecule has 2 heterocycles. The quantitative estimate of drug-likeness (QED) is 0.427. The first-order valence-electron chi connectivity index (χ1n) is 8.59. The minimum atomic E-state index is -0.398. The molecule has 1 amide bonds. The zero-order valence-electron chi connectivity index (χ0n) is 15.1. The zero-order chi connectivity index (χ0) is 19.8. The summed E-state index contributed by atoms with van der Waals surface area (Å²) in [4.78, 5) is 12.6. The summed E-state index contributed by atoms with van der Waals surface area (Å²) in [6, 6.07) is 15.0. The number of carbonyl (C=O) groups is 1. The Bertz CT molecular complexity index is 1190. The second kappa shape index (κ2) is 7.62. The van der Waals surface area contributed by atoms with Crippen LogP contribution in [0.2, 0.25) is 10.0 Å². The number of hydrogen-bond acceptors (Lipinski definition) is 4. The molecule has 8 heteroatoms. The van der Waals surface area contributed by atoms with E-state index in [1.165, 1.54) is 11.8 Å². The Morgan fingerprint density at radius 2 is 1.82 bits per heavy atom. The molecule has 2 aromatic heterocycles. The number of amides is 1. The third-order valence-electron chi connectivity index (χ3n) is 4.36. The Balaban J connectivity index is 1.62. The monoisotopic (exact) mass is 430 g/mol. The first kappa shape index (κ1) is 19.1. The molecule has 0 aliphatic carbocycles. The molecule has 5 nitrogen and oxygen atoms in total. The highest BCUT2D eigenvalue weighted by molar-refractivity contribution is 8.00. The number of fused-ring (bicyclic) bond motifs is 3. The molecular weight excluding hydrogens is 415 g/mol. The molecule has 4 rings (SSSR count). The van der Waals surface area contributed by atoms with Crippen molar-refractivity contribution in [1.82, 2.24) is 14.6 Å². The Morgan fingerprint density at radius 1 is 1.11 bits per heavy atom. The average molecular weight is 431 g/mol. The molecule has 0 spiro atoms. The van der Waals surface area contributed by atoms with Gasteiger partial charge in [-0.15, -0.1) is 10.2 Å². The Morgan fingerprint density at radius 3 is 2.57 bits per heavy atom. The third-order valence-corrected chi connectivity index (χ3v) is 5.83. The van der Waals surface area contributed by atoms with Gasteiger partial charge in [0.15, 0.2) is 10.8 Å². The second-order valence-corrected chi connectivity index (χ2v) is 8.61. The third kappa shape index (κ3) is 3.68. The van der Waals surface area contributed by atoms with Crippen LogP contribution in [0.3, 0.4) is 0 Å². The number of anilines is 1. The van der Waals surface area contributed by atoms with Gasteiger partial charge in [0.05, 0.1) is 10.8 Å². The molecule has 4 aromatic rings. The normalized spacial score (nSPS) is 12.4. The maximum Gasteiger partial charge on any atom is 0.237 e. The van der Waals surface area contributed by atoms with Crippen LogP contribution in [0.25, 0.3) is 16.6 Å². The van der Waals surface area contributed by atoms with Crippen molar-refractivity contribution in [3.8, 4) is 0 Å². The van der Waals surface area contributed by atoms with Crippen molar-refractivity contribution in [2.45, 2.75) is 24.3 Å². The summed E-state index contributed by atoms with van der Waals surface area (Å²) in [6.45, 7) is 3.87. The van der Waals surface area contributed by atoms with Gasteiger partial charge in [-0.05, 0) is 49.7 Å². The molecule has 142 valence electrons. The number of nitrogens with zero attached hydrogens (tertiary/aromatic N) is 3. The number of benzene rings is 2. The lowest BCUT2D eigenvalue weighted by atomic mass is 10.1. The number of thioether (sulfide) groups is 1. The predicted octanol–water partition coefficient (Wildman–Crippen LogP) is 5.62. The van der Waals surface area contributed by atoms with Crippen molar-refractivity contribution in [2.24, 2.45) is 0 Å². The summed E-state index contributed by atoms with van der Waals surface area (Å²) in [7, 11) is 0. The Kier molecular flexibility index (Phi) is 5.19.